The minimum absolute atomic E-state index is 0. The Labute approximate surface area is 106 Å². The fourth-order valence-electron chi connectivity index (χ4n) is 1.65. The molecule has 1 saturated heterocycles. The van der Waals surface area contributed by atoms with Gasteiger partial charge in [0.05, 0.1) is 18.3 Å². The largest absolute Gasteiger partial charge is 0.379 e. The summed E-state index contributed by atoms with van der Waals surface area (Å²) in [7, 11) is 0. The van der Waals surface area contributed by atoms with E-state index in [0.717, 1.165) is 18.7 Å². The van der Waals surface area contributed by atoms with E-state index in [0.29, 0.717) is 18.7 Å². The van der Waals surface area contributed by atoms with Crippen LogP contribution < -0.4 is 11.1 Å². The van der Waals surface area contributed by atoms with Gasteiger partial charge < -0.3 is 15.8 Å². The van der Waals surface area contributed by atoms with E-state index in [1.54, 1.807) is 18.3 Å². The number of aromatic nitrogens is 1. The summed E-state index contributed by atoms with van der Waals surface area (Å²) in [5.74, 6) is -0.0902. The second kappa shape index (κ2) is 6.54. The van der Waals surface area contributed by atoms with E-state index in [9.17, 15) is 4.79 Å². The van der Waals surface area contributed by atoms with Gasteiger partial charge in [0, 0.05) is 24.9 Å². The molecule has 94 valence electrons. The van der Waals surface area contributed by atoms with Crippen molar-refractivity contribution in [1.82, 2.24) is 10.3 Å². The minimum Gasteiger partial charge on any atom is -0.379 e. The molecule has 0 aliphatic carbocycles. The lowest BCUT2D eigenvalue weighted by atomic mass is 10.2. The first-order valence-electron chi connectivity index (χ1n) is 5.33. The SMILES string of the molecule is Cl.NCc1cc(C(=O)NC2CCOC2)ccn1. The first-order chi connectivity index (χ1) is 7.79. The van der Waals surface area contributed by atoms with Crippen molar-refractivity contribution < 1.29 is 9.53 Å². The minimum atomic E-state index is -0.0902. The molecule has 1 aromatic heterocycles. The van der Waals surface area contributed by atoms with Crippen LogP contribution in [0.4, 0.5) is 0 Å². The van der Waals surface area contributed by atoms with Crippen molar-refractivity contribution in [1.29, 1.82) is 0 Å². The predicted octanol–water partition coefficient (Wildman–Crippen LogP) is 0.481. The van der Waals surface area contributed by atoms with Gasteiger partial charge in [-0.05, 0) is 18.6 Å². The van der Waals surface area contributed by atoms with Gasteiger partial charge >= 0.3 is 0 Å². The molecular weight excluding hydrogens is 242 g/mol. The van der Waals surface area contributed by atoms with E-state index < -0.39 is 0 Å². The molecule has 1 aliphatic heterocycles. The maximum absolute atomic E-state index is 11.8. The molecule has 3 N–H and O–H groups in total. The van der Waals surface area contributed by atoms with Crippen LogP contribution >= 0.6 is 12.4 Å². The van der Waals surface area contributed by atoms with Crippen molar-refractivity contribution in [3.05, 3.63) is 29.6 Å². The van der Waals surface area contributed by atoms with Crippen LogP contribution in [0.25, 0.3) is 0 Å². The number of nitrogens with zero attached hydrogens (tertiary/aromatic N) is 1. The standard InChI is InChI=1S/C11H15N3O2.ClH/c12-6-10-5-8(1-3-13-10)11(15)14-9-2-4-16-7-9;/h1,3,5,9H,2,4,6-7,12H2,(H,14,15);1H. The molecule has 1 atom stereocenters. The highest BCUT2D eigenvalue weighted by atomic mass is 35.5. The summed E-state index contributed by atoms with van der Waals surface area (Å²) in [6.07, 6.45) is 2.48. The highest BCUT2D eigenvalue weighted by molar-refractivity contribution is 5.94. The number of carbonyl (C=O) groups is 1. The Morgan fingerprint density at radius 1 is 1.65 bits per heavy atom. The summed E-state index contributed by atoms with van der Waals surface area (Å²) in [6.45, 7) is 1.66. The van der Waals surface area contributed by atoms with E-state index in [1.165, 1.54) is 0 Å². The fraction of sp³-hybridized carbons (Fsp3) is 0.455. The van der Waals surface area contributed by atoms with Gasteiger partial charge in [-0.15, -0.1) is 12.4 Å². The summed E-state index contributed by atoms with van der Waals surface area (Å²) in [5, 5.41) is 2.91. The zero-order chi connectivity index (χ0) is 11.4. The quantitative estimate of drug-likeness (QED) is 0.826. The highest BCUT2D eigenvalue weighted by Gasteiger charge is 2.18. The van der Waals surface area contributed by atoms with Crippen molar-refractivity contribution in [2.24, 2.45) is 5.73 Å². The molecule has 0 spiro atoms. The average Bonchev–Trinajstić information content (AvgIpc) is 2.82. The van der Waals surface area contributed by atoms with Gasteiger partial charge in [0.25, 0.3) is 5.91 Å². The van der Waals surface area contributed by atoms with Crippen LogP contribution in [0.2, 0.25) is 0 Å². The molecular formula is C11H16ClN3O2. The maximum atomic E-state index is 11.8. The lowest BCUT2D eigenvalue weighted by Gasteiger charge is -2.10. The normalized spacial score (nSPS) is 18.5. The summed E-state index contributed by atoms with van der Waals surface area (Å²) in [5.41, 5.74) is 6.79. The molecule has 1 fully saturated rings. The van der Waals surface area contributed by atoms with E-state index >= 15 is 0 Å². The van der Waals surface area contributed by atoms with Gasteiger partial charge in [-0.3, -0.25) is 9.78 Å². The van der Waals surface area contributed by atoms with E-state index in [-0.39, 0.29) is 24.4 Å². The first kappa shape index (κ1) is 13.9. The van der Waals surface area contributed by atoms with E-state index in [4.69, 9.17) is 10.5 Å². The van der Waals surface area contributed by atoms with Gasteiger partial charge in [-0.25, -0.2) is 0 Å². The van der Waals surface area contributed by atoms with E-state index in [1.807, 2.05) is 0 Å². The van der Waals surface area contributed by atoms with E-state index in [2.05, 4.69) is 10.3 Å². The van der Waals surface area contributed by atoms with Gasteiger partial charge in [-0.1, -0.05) is 0 Å². The molecule has 0 bridgehead atoms. The fourth-order valence-corrected chi connectivity index (χ4v) is 1.65. The zero-order valence-electron chi connectivity index (χ0n) is 9.39. The molecule has 2 rings (SSSR count). The van der Waals surface area contributed by atoms with Crippen molar-refractivity contribution in [2.75, 3.05) is 13.2 Å². The highest BCUT2D eigenvalue weighted by Crippen LogP contribution is 2.06. The molecule has 2 heterocycles. The third kappa shape index (κ3) is 3.66. The molecule has 0 aromatic carbocycles. The van der Waals surface area contributed by atoms with Crippen LogP contribution in [0.15, 0.2) is 18.3 Å². The van der Waals surface area contributed by atoms with Gasteiger partial charge in [0.15, 0.2) is 0 Å². The molecule has 1 amide bonds. The molecule has 17 heavy (non-hydrogen) atoms. The Morgan fingerprint density at radius 3 is 3.12 bits per heavy atom. The van der Waals surface area contributed by atoms with Crippen LogP contribution in [0.3, 0.4) is 0 Å². The van der Waals surface area contributed by atoms with Crippen LogP contribution in [-0.2, 0) is 11.3 Å². The zero-order valence-corrected chi connectivity index (χ0v) is 10.2. The summed E-state index contributed by atoms with van der Waals surface area (Å²) >= 11 is 0. The predicted molar refractivity (Wildman–Crippen MR) is 66.1 cm³/mol. The number of carbonyl (C=O) groups excluding carboxylic acids is 1. The smallest absolute Gasteiger partial charge is 0.251 e. The number of rotatable bonds is 3. The molecule has 1 aliphatic rings. The number of ether oxygens (including phenoxy) is 1. The Morgan fingerprint density at radius 2 is 2.47 bits per heavy atom. The molecule has 0 radical (unpaired) electrons. The summed E-state index contributed by atoms with van der Waals surface area (Å²) in [4.78, 5) is 15.9. The Kier molecular flexibility index (Phi) is 5.34. The number of hydrogen-bond acceptors (Lipinski definition) is 4. The monoisotopic (exact) mass is 257 g/mol. The third-order valence-electron chi connectivity index (χ3n) is 2.55. The summed E-state index contributed by atoms with van der Waals surface area (Å²) in [6, 6.07) is 3.53. The molecule has 0 saturated carbocycles. The lowest BCUT2D eigenvalue weighted by Crippen LogP contribution is -2.35. The first-order valence-corrected chi connectivity index (χ1v) is 5.33. The topological polar surface area (TPSA) is 77.2 Å². The van der Waals surface area contributed by atoms with Gasteiger partial charge in [0.2, 0.25) is 0 Å². The van der Waals surface area contributed by atoms with Crippen molar-refractivity contribution in [2.45, 2.75) is 19.0 Å². The Bertz CT molecular complexity index is 381. The third-order valence-corrected chi connectivity index (χ3v) is 2.55. The van der Waals surface area contributed by atoms with Crippen molar-refractivity contribution in [3.8, 4) is 0 Å². The molecule has 5 nitrogen and oxygen atoms in total. The van der Waals surface area contributed by atoms with Gasteiger partial charge in [-0.2, -0.15) is 0 Å². The number of hydrogen-bond donors (Lipinski definition) is 2. The Hall–Kier alpha value is -1.17. The summed E-state index contributed by atoms with van der Waals surface area (Å²) < 4.78 is 5.19. The Balaban J connectivity index is 0.00000144. The molecule has 1 aromatic rings. The number of nitrogens with two attached hydrogens (primary N) is 1. The van der Waals surface area contributed by atoms with Crippen LogP contribution in [0.1, 0.15) is 22.5 Å². The van der Waals surface area contributed by atoms with Crippen molar-refractivity contribution >= 4 is 18.3 Å². The second-order valence-corrected chi connectivity index (χ2v) is 3.77. The molecule has 1 unspecified atom stereocenters. The maximum Gasteiger partial charge on any atom is 0.251 e. The van der Waals surface area contributed by atoms with Crippen LogP contribution in [-0.4, -0.2) is 30.1 Å². The van der Waals surface area contributed by atoms with Crippen LogP contribution in [0, 0.1) is 0 Å². The average molecular weight is 258 g/mol. The number of halogens is 1. The van der Waals surface area contributed by atoms with Crippen molar-refractivity contribution in [3.63, 3.8) is 0 Å². The second-order valence-electron chi connectivity index (χ2n) is 3.77. The number of nitrogens with one attached hydrogen (secondary N) is 1. The van der Waals surface area contributed by atoms with Crippen LogP contribution in [0.5, 0.6) is 0 Å². The molecule has 6 heteroatoms. The lowest BCUT2D eigenvalue weighted by molar-refractivity contribution is 0.0929. The number of amides is 1. The number of pyridine rings is 1. The van der Waals surface area contributed by atoms with Gasteiger partial charge in [0.1, 0.15) is 0 Å².